The number of alkyl halides is 3. The molecule has 0 radical (unpaired) electrons. The average Bonchev–Trinajstić information content (AvgIpc) is 3.15. The number of hydrogen-bond acceptors (Lipinski definition) is 3. The number of hydrogen-bond donors (Lipinski definition) is 0. The van der Waals surface area contributed by atoms with E-state index in [2.05, 4.69) is 0 Å². The van der Waals surface area contributed by atoms with E-state index in [1.165, 1.54) is 53.1 Å². The molecule has 160 valence electrons. The molecular formula is C23H19F3N2O2S. The van der Waals surface area contributed by atoms with Crippen molar-refractivity contribution in [1.82, 2.24) is 4.57 Å². The van der Waals surface area contributed by atoms with E-state index < -0.39 is 26.5 Å². The Morgan fingerprint density at radius 3 is 2.19 bits per heavy atom. The van der Waals surface area contributed by atoms with Gasteiger partial charge in [-0.25, -0.2) is 8.42 Å². The minimum atomic E-state index is -4.61. The minimum absolute atomic E-state index is 0.0688. The maximum atomic E-state index is 13.7. The summed E-state index contributed by atoms with van der Waals surface area (Å²) in [6, 6.07) is 17.3. The summed E-state index contributed by atoms with van der Waals surface area (Å²) >= 11 is 0. The van der Waals surface area contributed by atoms with E-state index in [0.29, 0.717) is 5.69 Å². The molecule has 0 N–H and O–H groups in total. The van der Waals surface area contributed by atoms with Gasteiger partial charge in [-0.3, -0.25) is 0 Å². The molecule has 0 aliphatic rings. The van der Waals surface area contributed by atoms with Gasteiger partial charge in [0, 0.05) is 11.4 Å². The Bertz CT molecular complexity index is 1270. The van der Waals surface area contributed by atoms with Crippen LogP contribution in [-0.4, -0.2) is 13.0 Å². The second kappa shape index (κ2) is 8.44. The van der Waals surface area contributed by atoms with Crippen LogP contribution < -0.4 is 0 Å². The van der Waals surface area contributed by atoms with Crippen molar-refractivity contribution in [2.24, 2.45) is 0 Å². The van der Waals surface area contributed by atoms with Crippen molar-refractivity contribution in [3.63, 3.8) is 0 Å². The largest absolute Gasteiger partial charge is 0.418 e. The van der Waals surface area contributed by atoms with E-state index in [4.69, 9.17) is 0 Å². The van der Waals surface area contributed by atoms with Crippen LogP contribution in [-0.2, 0) is 16.0 Å². The molecule has 2 aromatic carbocycles. The summed E-state index contributed by atoms with van der Waals surface area (Å²) in [5.41, 5.74) is -0.273. The van der Waals surface area contributed by atoms with Gasteiger partial charge in [0.2, 0.25) is 9.84 Å². The molecule has 1 aromatic heterocycles. The first kappa shape index (κ1) is 22.4. The second-order valence-electron chi connectivity index (χ2n) is 7.12. The molecule has 0 saturated carbocycles. The molecule has 8 heteroatoms. The summed E-state index contributed by atoms with van der Waals surface area (Å²) in [5.74, 6) is -0.153. The van der Waals surface area contributed by atoms with Gasteiger partial charge in [0.1, 0.15) is 6.07 Å². The van der Waals surface area contributed by atoms with Crippen molar-refractivity contribution in [1.29, 1.82) is 5.26 Å². The Morgan fingerprint density at radius 1 is 1.00 bits per heavy atom. The summed E-state index contributed by atoms with van der Waals surface area (Å²) < 4.78 is 68.2. The Kier molecular flexibility index (Phi) is 6.09. The SMILES string of the molecule is CC(C)c1ccc(/C=C(\C#N)S(=O)(=O)c2ccccc2)n1-c1ccccc1C(F)(F)F. The average molecular weight is 444 g/mol. The molecule has 0 aliphatic carbocycles. The fourth-order valence-electron chi connectivity index (χ4n) is 3.25. The number of aromatic nitrogens is 1. The number of benzene rings is 2. The van der Waals surface area contributed by atoms with Crippen molar-refractivity contribution in [2.45, 2.75) is 30.8 Å². The van der Waals surface area contributed by atoms with Crippen LogP contribution in [0.1, 0.15) is 36.7 Å². The summed E-state index contributed by atoms with van der Waals surface area (Å²) in [4.78, 5) is -0.626. The lowest BCUT2D eigenvalue weighted by molar-refractivity contribution is -0.137. The lowest BCUT2D eigenvalue weighted by atomic mass is 10.1. The van der Waals surface area contributed by atoms with Crippen LogP contribution in [0.2, 0.25) is 0 Å². The Morgan fingerprint density at radius 2 is 1.61 bits per heavy atom. The highest BCUT2D eigenvalue weighted by Crippen LogP contribution is 2.36. The van der Waals surface area contributed by atoms with Crippen molar-refractivity contribution in [2.75, 3.05) is 0 Å². The maximum absolute atomic E-state index is 13.7. The maximum Gasteiger partial charge on any atom is 0.418 e. The van der Waals surface area contributed by atoms with Gasteiger partial charge in [-0.1, -0.05) is 44.2 Å². The number of rotatable bonds is 5. The van der Waals surface area contributed by atoms with Gasteiger partial charge >= 0.3 is 6.18 Å². The number of nitrogens with zero attached hydrogens (tertiary/aromatic N) is 2. The molecule has 0 bridgehead atoms. The quantitative estimate of drug-likeness (QED) is 0.456. The van der Waals surface area contributed by atoms with E-state index in [-0.39, 0.29) is 22.2 Å². The standard InChI is InChI=1S/C23H19F3N2O2S/c1-16(2)21-13-12-17(28(21)22-11-7-6-10-20(22)23(24,25)26)14-19(15-27)31(29,30)18-8-4-3-5-9-18/h3-14,16H,1-2H3/b19-14+. The molecule has 1 heterocycles. The number of para-hydroxylation sites is 1. The van der Waals surface area contributed by atoms with E-state index in [9.17, 15) is 26.9 Å². The summed E-state index contributed by atoms with van der Waals surface area (Å²) in [6.07, 6.45) is -3.49. The van der Waals surface area contributed by atoms with Gasteiger partial charge < -0.3 is 4.57 Å². The topological polar surface area (TPSA) is 62.9 Å². The normalized spacial score (nSPS) is 12.7. The molecule has 0 unspecified atom stereocenters. The minimum Gasteiger partial charge on any atom is -0.313 e. The van der Waals surface area contributed by atoms with E-state index in [0.717, 1.165) is 12.1 Å². The third-order valence-electron chi connectivity index (χ3n) is 4.72. The van der Waals surface area contributed by atoms with E-state index in [1.807, 2.05) is 13.8 Å². The zero-order valence-electron chi connectivity index (χ0n) is 16.8. The predicted octanol–water partition coefficient (Wildman–Crippen LogP) is 5.96. The van der Waals surface area contributed by atoms with Gasteiger partial charge in [0.15, 0.2) is 4.91 Å². The predicted molar refractivity (Wildman–Crippen MR) is 112 cm³/mol. The van der Waals surface area contributed by atoms with Crippen LogP contribution in [0.3, 0.4) is 0 Å². The summed E-state index contributed by atoms with van der Waals surface area (Å²) in [5, 5.41) is 9.56. The molecule has 3 aromatic rings. The zero-order valence-corrected chi connectivity index (χ0v) is 17.6. The molecule has 3 rings (SSSR count). The van der Waals surface area contributed by atoms with E-state index in [1.54, 1.807) is 18.2 Å². The van der Waals surface area contributed by atoms with Crippen LogP contribution >= 0.6 is 0 Å². The van der Waals surface area contributed by atoms with Gasteiger partial charge in [-0.15, -0.1) is 0 Å². The second-order valence-corrected chi connectivity index (χ2v) is 9.04. The molecule has 0 atom stereocenters. The Hall–Kier alpha value is -3.31. The van der Waals surface area contributed by atoms with Crippen LogP contribution in [0.5, 0.6) is 0 Å². The first-order valence-corrected chi connectivity index (χ1v) is 10.9. The molecule has 0 fully saturated rings. The van der Waals surface area contributed by atoms with Crippen LogP contribution in [0.25, 0.3) is 11.8 Å². The highest BCUT2D eigenvalue weighted by Gasteiger charge is 2.34. The number of allylic oxidation sites excluding steroid dienone is 1. The molecule has 0 amide bonds. The van der Waals surface area contributed by atoms with Gasteiger partial charge in [-0.05, 0) is 48.4 Å². The monoisotopic (exact) mass is 444 g/mol. The van der Waals surface area contributed by atoms with Crippen LogP contribution in [0.4, 0.5) is 13.2 Å². The summed E-state index contributed by atoms with van der Waals surface area (Å²) in [7, 11) is -4.13. The van der Waals surface area contributed by atoms with Crippen molar-refractivity contribution in [3.05, 3.63) is 88.6 Å². The highest BCUT2D eigenvalue weighted by molar-refractivity contribution is 7.95. The molecule has 0 saturated heterocycles. The third-order valence-corrected chi connectivity index (χ3v) is 6.40. The lowest BCUT2D eigenvalue weighted by Crippen LogP contribution is -2.13. The highest BCUT2D eigenvalue weighted by atomic mass is 32.2. The number of nitriles is 1. The molecular weight excluding hydrogens is 425 g/mol. The van der Waals surface area contributed by atoms with Gasteiger partial charge in [-0.2, -0.15) is 18.4 Å². The Labute approximate surface area is 178 Å². The first-order valence-electron chi connectivity index (χ1n) is 9.37. The van der Waals surface area contributed by atoms with Gasteiger partial charge in [0.25, 0.3) is 0 Å². The lowest BCUT2D eigenvalue weighted by Gasteiger charge is -2.19. The fraction of sp³-hybridized carbons (Fsp3) is 0.174. The number of sulfone groups is 1. The van der Waals surface area contributed by atoms with Crippen molar-refractivity contribution >= 4 is 15.9 Å². The fourth-order valence-corrected chi connectivity index (χ4v) is 4.42. The molecule has 31 heavy (non-hydrogen) atoms. The molecule has 0 aliphatic heterocycles. The molecule has 0 spiro atoms. The molecule has 4 nitrogen and oxygen atoms in total. The summed E-state index contributed by atoms with van der Waals surface area (Å²) in [6.45, 7) is 3.64. The van der Waals surface area contributed by atoms with E-state index >= 15 is 0 Å². The van der Waals surface area contributed by atoms with Gasteiger partial charge in [0.05, 0.1) is 16.1 Å². The van der Waals surface area contributed by atoms with Crippen molar-refractivity contribution in [3.8, 4) is 11.8 Å². The van der Waals surface area contributed by atoms with Crippen LogP contribution in [0, 0.1) is 11.3 Å². The smallest absolute Gasteiger partial charge is 0.313 e. The van der Waals surface area contributed by atoms with Crippen molar-refractivity contribution < 1.29 is 21.6 Å². The zero-order chi connectivity index (χ0) is 22.8. The third kappa shape index (κ3) is 4.42. The number of halogens is 3. The Balaban J connectivity index is 2.27. The first-order chi connectivity index (χ1) is 14.6. The van der Waals surface area contributed by atoms with Crippen LogP contribution in [0.15, 0.2) is 76.5 Å².